The van der Waals surface area contributed by atoms with E-state index < -0.39 is 0 Å². The quantitative estimate of drug-likeness (QED) is 0.726. The molecule has 0 unspecified atom stereocenters. The third-order valence-corrected chi connectivity index (χ3v) is 5.18. The molecule has 3 rings (SSSR count). The fourth-order valence-corrected chi connectivity index (χ4v) is 3.63. The summed E-state index contributed by atoms with van der Waals surface area (Å²) < 4.78 is 6.23. The Morgan fingerprint density at radius 3 is 2.73 bits per heavy atom. The molecule has 142 valence electrons. The minimum absolute atomic E-state index is 0.123. The Labute approximate surface area is 155 Å². The van der Waals surface area contributed by atoms with Crippen LogP contribution in [0.15, 0.2) is 24.3 Å². The lowest BCUT2D eigenvalue weighted by Gasteiger charge is -2.34. The summed E-state index contributed by atoms with van der Waals surface area (Å²) in [4.78, 5) is 29.4. The SMILES string of the molecule is CCCC[C@@H]1CN(CC(=O)N2CCN(C=O)CC2)Cc2ccccc2O1. The van der Waals surface area contributed by atoms with E-state index in [0.717, 1.165) is 50.1 Å². The lowest BCUT2D eigenvalue weighted by Crippen LogP contribution is -2.51. The molecular formula is C20H29N3O3. The van der Waals surface area contributed by atoms with E-state index in [9.17, 15) is 9.59 Å². The molecule has 0 aromatic heterocycles. The van der Waals surface area contributed by atoms with Crippen LogP contribution < -0.4 is 4.74 Å². The summed E-state index contributed by atoms with van der Waals surface area (Å²) in [6, 6.07) is 8.13. The molecule has 2 amide bonds. The second-order valence-corrected chi connectivity index (χ2v) is 7.18. The molecule has 1 fully saturated rings. The van der Waals surface area contributed by atoms with Crippen molar-refractivity contribution in [3.63, 3.8) is 0 Å². The first-order chi connectivity index (χ1) is 12.7. The first kappa shape index (κ1) is 18.7. The third kappa shape index (κ3) is 4.75. The van der Waals surface area contributed by atoms with Crippen molar-refractivity contribution in [1.29, 1.82) is 0 Å². The molecule has 0 aliphatic carbocycles. The Morgan fingerprint density at radius 1 is 1.23 bits per heavy atom. The summed E-state index contributed by atoms with van der Waals surface area (Å²) in [5, 5.41) is 0. The monoisotopic (exact) mass is 359 g/mol. The fourth-order valence-electron chi connectivity index (χ4n) is 3.63. The Balaban J connectivity index is 1.64. The molecule has 1 atom stereocenters. The van der Waals surface area contributed by atoms with Crippen molar-refractivity contribution in [3.05, 3.63) is 29.8 Å². The van der Waals surface area contributed by atoms with Gasteiger partial charge in [0.1, 0.15) is 11.9 Å². The number of benzene rings is 1. The highest BCUT2D eigenvalue weighted by molar-refractivity contribution is 5.78. The molecule has 6 heteroatoms. The zero-order valence-corrected chi connectivity index (χ0v) is 15.6. The number of amides is 2. The summed E-state index contributed by atoms with van der Waals surface area (Å²) in [6.07, 6.45) is 4.26. The second kappa shape index (κ2) is 9.03. The predicted octanol–water partition coefficient (Wildman–Crippen LogP) is 1.74. The normalized spacial score (nSPS) is 20.9. The van der Waals surface area contributed by atoms with Crippen molar-refractivity contribution >= 4 is 12.3 Å². The molecule has 2 aliphatic heterocycles. The molecule has 0 spiro atoms. The number of hydrogen-bond donors (Lipinski definition) is 0. The number of hydrogen-bond acceptors (Lipinski definition) is 4. The Bertz CT molecular complexity index is 614. The number of unbranched alkanes of at least 4 members (excludes halogenated alkanes) is 1. The molecule has 2 heterocycles. The molecule has 0 radical (unpaired) electrons. The van der Waals surface area contributed by atoms with E-state index in [2.05, 4.69) is 17.9 Å². The average molecular weight is 359 g/mol. The molecule has 1 saturated heterocycles. The zero-order chi connectivity index (χ0) is 18.4. The van der Waals surface area contributed by atoms with Gasteiger partial charge in [-0.1, -0.05) is 31.5 Å². The molecular weight excluding hydrogens is 330 g/mol. The topological polar surface area (TPSA) is 53.1 Å². The Morgan fingerprint density at radius 2 is 2.00 bits per heavy atom. The first-order valence-corrected chi connectivity index (χ1v) is 9.63. The summed E-state index contributed by atoms with van der Waals surface area (Å²) in [5.74, 6) is 1.09. The number of piperazine rings is 1. The van der Waals surface area contributed by atoms with Crippen LogP contribution in [0.3, 0.4) is 0 Å². The van der Waals surface area contributed by atoms with Crippen LogP contribution in [-0.4, -0.2) is 72.4 Å². The minimum atomic E-state index is 0.123. The lowest BCUT2D eigenvalue weighted by atomic mass is 10.1. The number of rotatable bonds is 6. The van der Waals surface area contributed by atoms with Crippen LogP contribution in [-0.2, 0) is 16.1 Å². The Hall–Kier alpha value is -2.08. The molecule has 0 saturated carbocycles. The van der Waals surface area contributed by atoms with Crippen LogP contribution in [0.1, 0.15) is 31.7 Å². The molecule has 2 aliphatic rings. The maximum atomic E-state index is 12.7. The van der Waals surface area contributed by atoms with E-state index in [-0.39, 0.29) is 12.0 Å². The maximum absolute atomic E-state index is 12.7. The van der Waals surface area contributed by atoms with Gasteiger partial charge < -0.3 is 14.5 Å². The van der Waals surface area contributed by atoms with Crippen LogP contribution in [0.5, 0.6) is 5.75 Å². The first-order valence-electron chi connectivity index (χ1n) is 9.63. The molecule has 1 aromatic carbocycles. The van der Waals surface area contributed by atoms with Crippen LogP contribution in [0.25, 0.3) is 0 Å². The van der Waals surface area contributed by atoms with Crippen LogP contribution in [0.2, 0.25) is 0 Å². The summed E-state index contributed by atoms with van der Waals surface area (Å²) >= 11 is 0. The van der Waals surface area contributed by atoms with Crippen molar-refractivity contribution in [3.8, 4) is 5.75 Å². The predicted molar refractivity (Wildman–Crippen MR) is 99.9 cm³/mol. The van der Waals surface area contributed by atoms with E-state index in [1.807, 2.05) is 23.1 Å². The molecule has 26 heavy (non-hydrogen) atoms. The Kier molecular flexibility index (Phi) is 6.50. The summed E-state index contributed by atoms with van der Waals surface area (Å²) in [7, 11) is 0. The van der Waals surface area contributed by atoms with E-state index >= 15 is 0 Å². The number of fused-ring (bicyclic) bond motifs is 1. The van der Waals surface area contributed by atoms with Crippen molar-refractivity contribution in [2.45, 2.75) is 38.8 Å². The van der Waals surface area contributed by atoms with Crippen LogP contribution in [0, 0.1) is 0 Å². The van der Waals surface area contributed by atoms with Gasteiger partial charge in [-0.2, -0.15) is 0 Å². The van der Waals surface area contributed by atoms with Gasteiger partial charge in [-0.25, -0.2) is 0 Å². The van der Waals surface area contributed by atoms with Gasteiger partial charge in [-0.05, 0) is 18.9 Å². The molecule has 0 bridgehead atoms. The van der Waals surface area contributed by atoms with Gasteiger partial charge >= 0.3 is 0 Å². The standard InChI is InChI=1S/C20H29N3O3/c1-2-3-7-18-14-22(13-17-6-4-5-8-19(17)26-18)15-20(25)23-11-9-21(16-24)10-12-23/h4-6,8,16,18H,2-3,7,9-15H2,1H3/t18-/m1/s1. The number of ether oxygens (including phenoxy) is 1. The number of nitrogens with zero attached hydrogens (tertiary/aromatic N) is 3. The molecule has 6 nitrogen and oxygen atoms in total. The van der Waals surface area contributed by atoms with Gasteiger partial charge in [0, 0.05) is 44.8 Å². The smallest absolute Gasteiger partial charge is 0.236 e. The van der Waals surface area contributed by atoms with Gasteiger partial charge in [0.25, 0.3) is 0 Å². The van der Waals surface area contributed by atoms with E-state index in [1.54, 1.807) is 4.90 Å². The van der Waals surface area contributed by atoms with Crippen molar-refractivity contribution in [2.75, 3.05) is 39.3 Å². The van der Waals surface area contributed by atoms with Crippen molar-refractivity contribution < 1.29 is 14.3 Å². The van der Waals surface area contributed by atoms with Gasteiger partial charge in [0.05, 0.1) is 6.54 Å². The molecule has 1 aromatic rings. The molecule has 0 N–H and O–H groups in total. The van der Waals surface area contributed by atoms with Crippen LogP contribution >= 0.6 is 0 Å². The van der Waals surface area contributed by atoms with Crippen molar-refractivity contribution in [2.24, 2.45) is 0 Å². The summed E-state index contributed by atoms with van der Waals surface area (Å²) in [5.41, 5.74) is 1.14. The van der Waals surface area contributed by atoms with E-state index in [0.29, 0.717) is 32.7 Å². The number of carbonyl (C=O) groups is 2. The highest BCUT2D eigenvalue weighted by Gasteiger charge is 2.26. The zero-order valence-electron chi connectivity index (χ0n) is 15.6. The van der Waals surface area contributed by atoms with Gasteiger partial charge in [0.15, 0.2) is 0 Å². The lowest BCUT2D eigenvalue weighted by molar-refractivity contribution is -0.136. The van der Waals surface area contributed by atoms with E-state index in [4.69, 9.17) is 4.74 Å². The highest BCUT2D eigenvalue weighted by Crippen LogP contribution is 2.26. The van der Waals surface area contributed by atoms with Crippen molar-refractivity contribution in [1.82, 2.24) is 14.7 Å². The largest absolute Gasteiger partial charge is 0.489 e. The summed E-state index contributed by atoms with van der Waals surface area (Å²) in [6.45, 7) is 6.59. The maximum Gasteiger partial charge on any atom is 0.236 e. The number of carbonyl (C=O) groups excluding carboxylic acids is 2. The highest BCUT2D eigenvalue weighted by atomic mass is 16.5. The fraction of sp³-hybridized carbons (Fsp3) is 0.600. The number of para-hydroxylation sites is 1. The third-order valence-electron chi connectivity index (χ3n) is 5.18. The minimum Gasteiger partial charge on any atom is -0.489 e. The van der Waals surface area contributed by atoms with Crippen LogP contribution in [0.4, 0.5) is 0 Å². The second-order valence-electron chi connectivity index (χ2n) is 7.18. The average Bonchev–Trinajstić information content (AvgIpc) is 2.84. The van der Waals surface area contributed by atoms with Gasteiger partial charge in [-0.3, -0.25) is 14.5 Å². The van der Waals surface area contributed by atoms with Gasteiger partial charge in [0.2, 0.25) is 12.3 Å². The van der Waals surface area contributed by atoms with E-state index in [1.165, 1.54) is 0 Å². The van der Waals surface area contributed by atoms with Gasteiger partial charge in [-0.15, -0.1) is 0 Å².